The molecule has 0 radical (unpaired) electrons. The summed E-state index contributed by atoms with van der Waals surface area (Å²) in [6.07, 6.45) is -0.790. The van der Waals surface area contributed by atoms with Gasteiger partial charge in [0.1, 0.15) is 6.10 Å². The average molecular weight is 338 g/mol. The molecule has 0 heterocycles. The molecule has 0 saturated heterocycles. The van der Waals surface area contributed by atoms with Crippen molar-refractivity contribution in [2.24, 2.45) is 0 Å². The van der Waals surface area contributed by atoms with Crippen LogP contribution in [0, 0.1) is 0 Å². The Morgan fingerprint density at radius 3 is 2.10 bits per heavy atom. The van der Waals surface area contributed by atoms with Crippen LogP contribution in [0.1, 0.15) is 17.2 Å². The minimum atomic E-state index is -0.790. The fourth-order valence-corrected chi connectivity index (χ4v) is 2.92. The maximum atomic E-state index is 10.7. The largest absolute Gasteiger partial charge is 0.384 e. The van der Waals surface area contributed by atoms with Crippen LogP contribution in [0.2, 0.25) is 15.1 Å². The van der Waals surface area contributed by atoms with Crippen LogP contribution < -0.4 is 0 Å². The molecule has 4 heteroatoms. The van der Waals surface area contributed by atoms with E-state index >= 15 is 0 Å². The van der Waals surface area contributed by atoms with Gasteiger partial charge in [-0.1, -0.05) is 71.2 Å². The maximum absolute atomic E-state index is 10.7. The molecule has 0 aliphatic heterocycles. The smallest absolute Gasteiger partial charge is 0.105 e. The first-order valence-electron chi connectivity index (χ1n) is 6.38. The quantitative estimate of drug-likeness (QED) is 0.619. The van der Waals surface area contributed by atoms with E-state index in [1.807, 2.05) is 30.3 Å². The number of aliphatic hydroxyl groups excluding tert-OH is 1. The number of benzene rings is 3. The molecule has 3 aromatic carbocycles. The predicted octanol–water partition coefficient (Wildman–Crippen LogP) is 5.88. The first kappa shape index (κ1) is 14.7. The van der Waals surface area contributed by atoms with Gasteiger partial charge in [-0.2, -0.15) is 0 Å². The van der Waals surface area contributed by atoms with Crippen molar-refractivity contribution in [3.8, 4) is 0 Å². The summed E-state index contributed by atoms with van der Waals surface area (Å²) in [4.78, 5) is 0. The van der Waals surface area contributed by atoms with Crippen molar-refractivity contribution in [2.45, 2.75) is 6.10 Å². The second kappa shape index (κ2) is 5.86. The molecule has 3 rings (SSSR count). The zero-order valence-electron chi connectivity index (χ0n) is 10.9. The van der Waals surface area contributed by atoms with Crippen LogP contribution in [0.25, 0.3) is 10.8 Å². The lowest BCUT2D eigenvalue weighted by Crippen LogP contribution is -2.00. The van der Waals surface area contributed by atoms with Crippen LogP contribution in [0.15, 0.2) is 54.6 Å². The molecule has 0 aliphatic rings. The highest BCUT2D eigenvalue weighted by molar-refractivity contribution is 6.42. The first-order valence-corrected chi connectivity index (χ1v) is 7.51. The molecular formula is C17H11Cl3O. The lowest BCUT2D eigenvalue weighted by atomic mass is 9.96. The molecule has 0 aliphatic carbocycles. The number of halogens is 3. The third-order valence-corrected chi connectivity index (χ3v) is 4.53. The highest BCUT2D eigenvalue weighted by Gasteiger charge is 2.15. The van der Waals surface area contributed by atoms with Gasteiger partial charge in [-0.05, 0) is 34.7 Å². The van der Waals surface area contributed by atoms with E-state index in [-0.39, 0.29) is 0 Å². The molecular weight excluding hydrogens is 327 g/mol. The number of hydrogen-bond acceptors (Lipinski definition) is 1. The molecule has 1 N–H and O–H groups in total. The Hall–Kier alpha value is -1.25. The molecule has 1 atom stereocenters. The minimum Gasteiger partial charge on any atom is -0.384 e. The third-order valence-electron chi connectivity index (χ3n) is 3.46. The van der Waals surface area contributed by atoms with E-state index in [1.165, 1.54) is 0 Å². The van der Waals surface area contributed by atoms with Crippen molar-refractivity contribution < 1.29 is 5.11 Å². The number of hydrogen-bond donors (Lipinski definition) is 1. The van der Waals surface area contributed by atoms with Crippen molar-refractivity contribution in [1.82, 2.24) is 0 Å². The van der Waals surface area contributed by atoms with Crippen LogP contribution >= 0.6 is 34.8 Å². The second-order valence-electron chi connectivity index (χ2n) is 4.76. The Kier molecular flexibility index (Phi) is 4.10. The summed E-state index contributed by atoms with van der Waals surface area (Å²) >= 11 is 18.1. The van der Waals surface area contributed by atoms with Crippen molar-refractivity contribution in [3.63, 3.8) is 0 Å². The van der Waals surface area contributed by atoms with Crippen molar-refractivity contribution in [3.05, 3.63) is 80.8 Å². The van der Waals surface area contributed by atoms with Crippen LogP contribution in [0.5, 0.6) is 0 Å². The highest BCUT2D eigenvalue weighted by Crippen LogP contribution is 2.34. The van der Waals surface area contributed by atoms with Gasteiger partial charge in [0.25, 0.3) is 0 Å². The van der Waals surface area contributed by atoms with Crippen LogP contribution in [0.4, 0.5) is 0 Å². The standard InChI is InChI=1S/C17H11Cl3O/c18-14-8-6-13(11-3-1-2-4-12(11)14)17(21)10-5-7-15(19)16(20)9-10/h1-9,17,21H. The Balaban J connectivity index is 2.15. The van der Waals surface area contributed by atoms with E-state index in [0.717, 1.165) is 16.3 Å². The van der Waals surface area contributed by atoms with Gasteiger partial charge in [0.2, 0.25) is 0 Å². The minimum absolute atomic E-state index is 0.423. The maximum Gasteiger partial charge on any atom is 0.105 e. The molecule has 106 valence electrons. The Labute approximate surface area is 137 Å². The summed E-state index contributed by atoms with van der Waals surface area (Å²) in [5.41, 5.74) is 1.48. The summed E-state index contributed by atoms with van der Waals surface area (Å²) in [6.45, 7) is 0. The number of aliphatic hydroxyl groups is 1. The Bertz CT molecular complexity index is 814. The van der Waals surface area contributed by atoms with Gasteiger partial charge < -0.3 is 5.11 Å². The van der Waals surface area contributed by atoms with E-state index in [1.54, 1.807) is 24.3 Å². The van der Waals surface area contributed by atoms with E-state index in [0.29, 0.717) is 20.6 Å². The molecule has 0 aromatic heterocycles. The van der Waals surface area contributed by atoms with E-state index in [2.05, 4.69) is 0 Å². The van der Waals surface area contributed by atoms with Crippen LogP contribution in [-0.2, 0) is 0 Å². The summed E-state index contributed by atoms with van der Waals surface area (Å²) in [6, 6.07) is 16.5. The summed E-state index contributed by atoms with van der Waals surface area (Å²) in [7, 11) is 0. The molecule has 21 heavy (non-hydrogen) atoms. The Morgan fingerprint density at radius 1 is 0.714 bits per heavy atom. The van der Waals surface area contributed by atoms with Crippen molar-refractivity contribution in [2.75, 3.05) is 0 Å². The molecule has 0 amide bonds. The summed E-state index contributed by atoms with van der Waals surface area (Å²) in [5, 5.41) is 14.0. The molecule has 0 saturated carbocycles. The number of rotatable bonds is 2. The lowest BCUT2D eigenvalue weighted by Gasteiger charge is -2.15. The van der Waals surface area contributed by atoms with Gasteiger partial charge in [-0.15, -0.1) is 0 Å². The van der Waals surface area contributed by atoms with Crippen molar-refractivity contribution >= 4 is 45.6 Å². The molecule has 0 bridgehead atoms. The van der Waals surface area contributed by atoms with Crippen molar-refractivity contribution in [1.29, 1.82) is 0 Å². The second-order valence-corrected chi connectivity index (χ2v) is 5.98. The zero-order chi connectivity index (χ0) is 15.0. The Morgan fingerprint density at radius 2 is 1.38 bits per heavy atom. The average Bonchev–Trinajstić information content (AvgIpc) is 2.50. The monoisotopic (exact) mass is 336 g/mol. The van der Waals surface area contributed by atoms with Gasteiger partial charge in [0, 0.05) is 10.4 Å². The summed E-state index contributed by atoms with van der Waals surface area (Å²) in [5.74, 6) is 0. The van der Waals surface area contributed by atoms with Gasteiger partial charge >= 0.3 is 0 Å². The van der Waals surface area contributed by atoms with Gasteiger partial charge in [-0.25, -0.2) is 0 Å². The zero-order valence-corrected chi connectivity index (χ0v) is 13.1. The SMILES string of the molecule is OC(c1ccc(Cl)c(Cl)c1)c1ccc(Cl)c2ccccc12. The molecule has 1 unspecified atom stereocenters. The van der Waals surface area contributed by atoms with E-state index in [9.17, 15) is 5.11 Å². The van der Waals surface area contributed by atoms with Gasteiger partial charge in [-0.3, -0.25) is 0 Å². The fraction of sp³-hybridized carbons (Fsp3) is 0.0588. The fourth-order valence-electron chi connectivity index (χ4n) is 2.39. The topological polar surface area (TPSA) is 20.2 Å². The molecule has 0 spiro atoms. The van der Waals surface area contributed by atoms with E-state index in [4.69, 9.17) is 34.8 Å². The lowest BCUT2D eigenvalue weighted by molar-refractivity contribution is 0.222. The van der Waals surface area contributed by atoms with Gasteiger partial charge in [0.15, 0.2) is 0 Å². The number of fused-ring (bicyclic) bond motifs is 1. The van der Waals surface area contributed by atoms with E-state index < -0.39 is 6.10 Å². The predicted molar refractivity (Wildman–Crippen MR) is 89.5 cm³/mol. The normalized spacial score (nSPS) is 12.6. The first-order chi connectivity index (χ1) is 10.1. The van der Waals surface area contributed by atoms with Crippen LogP contribution in [0.3, 0.4) is 0 Å². The molecule has 0 fully saturated rings. The molecule has 1 nitrogen and oxygen atoms in total. The van der Waals surface area contributed by atoms with Gasteiger partial charge in [0.05, 0.1) is 10.0 Å². The third kappa shape index (κ3) is 2.75. The molecule has 3 aromatic rings. The summed E-state index contributed by atoms with van der Waals surface area (Å²) < 4.78 is 0. The van der Waals surface area contributed by atoms with Crippen LogP contribution in [-0.4, -0.2) is 5.11 Å². The highest BCUT2D eigenvalue weighted by atomic mass is 35.5.